The minimum absolute atomic E-state index is 0. The molecule has 4 rings (SSSR count). The lowest BCUT2D eigenvalue weighted by molar-refractivity contribution is 0.0516. The first-order valence-electron chi connectivity index (χ1n) is 24.1. The topological polar surface area (TPSA) is 239 Å². The molecule has 23 heteroatoms. The molecule has 1 amide bonds. The largest absolute Gasteiger partial charge is 0.444 e. The second-order valence-corrected chi connectivity index (χ2v) is 17.4. The van der Waals surface area contributed by atoms with Crippen LogP contribution in [0.1, 0.15) is 49.0 Å². The van der Waals surface area contributed by atoms with E-state index in [0.29, 0.717) is 19.8 Å². The fraction of sp³-hybridized carbons (Fsp3) is 0.913. The van der Waals surface area contributed by atoms with Crippen LogP contribution in [0.2, 0.25) is 0 Å². The Balaban J connectivity index is -0.000000260. The van der Waals surface area contributed by atoms with Gasteiger partial charge in [-0.15, -0.1) is 36.4 Å². The van der Waals surface area contributed by atoms with Crippen LogP contribution in [0.4, 0.5) is 4.79 Å². The lowest BCUT2D eigenvalue weighted by Crippen LogP contribution is -2.49. The molecule has 0 saturated carbocycles. The molecule has 0 aromatic heterocycles. The number of hydrogen-bond acceptors (Lipinski definition) is 18. The number of alkyl halides is 1. The van der Waals surface area contributed by atoms with Gasteiger partial charge in [0.15, 0.2) is 0 Å². The van der Waals surface area contributed by atoms with E-state index in [1.54, 1.807) is 6.07 Å². The average Bonchev–Trinajstić information content (AvgIpc) is 3.30. The van der Waals surface area contributed by atoms with Crippen LogP contribution in [0.25, 0.3) is 4.85 Å². The summed E-state index contributed by atoms with van der Waals surface area (Å²) in [6.45, 7) is 47.2. The number of halogens is 3. The summed E-state index contributed by atoms with van der Waals surface area (Å²) in [5.74, 6) is 0.0972. The maximum Gasteiger partial charge on any atom is 0.407 e. The van der Waals surface area contributed by atoms with Gasteiger partial charge in [0.1, 0.15) is 11.5 Å². The van der Waals surface area contributed by atoms with Crippen molar-refractivity contribution in [2.24, 2.45) is 17.2 Å². The Hall–Kier alpha value is -1.95. The molecule has 0 atom stereocenters. The number of carbonyl (C=O) groups excluding carboxylic acids is 1. The van der Waals surface area contributed by atoms with Crippen molar-refractivity contribution in [3.8, 4) is 12.1 Å². The lowest BCUT2D eigenvalue weighted by Gasteiger charge is -2.34. The van der Waals surface area contributed by atoms with Crippen LogP contribution >= 0.6 is 36.4 Å². The van der Waals surface area contributed by atoms with Crippen LogP contribution in [0.15, 0.2) is 0 Å². The van der Waals surface area contributed by atoms with Crippen molar-refractivity contribution in [2.75, 3.05) is 222 Å². The summed E-state index contributed by atoms with van der Waals surface area (Å²) in [6, 6.07) is 3.87. The van der Waals surface area contributed by atoms with Gasteiger partial charge in [0.2, 0.25) is 0 Å². The maximum absolute atomic E-state index is 11.6. The second-order valence-electron chi connectivity index (χ2n) is 17.1. The van der Waals surface area contributed by atoms with Crippen LogP contribution in [-0.2, 0) is 4.74 Å². The Morgan fingerprint density at radius 2 is 1.00 bits per heavy atom. The molecule has 0 bridgehead atoms. The third kappa shape index (κ3) is 48.1. The highest BCUT2D eigenvalue weighted by atomic mass is 35.5. The van der Waals surface area contributed by atoms with Gasteiger partial charge in [0.25, 0.3) is 6.67 Å². The average molecular weight is 1050 g/mol. The van der Waals surface area contributed by atoms with E-state index in [1.807, 2.05) is 20.8 Å². The van der Waals surface area contributed by atoms with Gasteiger partial charge in [-0.3, -0.25) is 39.1 Å². The summed E-state index contributed by atoms with van der Waals surface area (Å²) in [5, 5.41) is 32.0. The second kappa shape index (κ2) is 53.8. The molecule has 20 nitrogen and oxygen atoms in total. The maximum atomic E-state index is 11.6. The molecule has 11 N–H and O–H groups in total. The molecule has 69 heavy (non-hydrogen) atoms. The zero-order chi connectivity index (χ0) is 48.2. The van der Waals surface area contributed by atoms with Crippen LogP contribution < -0.4 is 43.8 Å². The van der Waals surface area contributed by atoms with Gasteiger partial charge in [0, 0.05) is 196 Å². The van der Waals surface area contributed by atoms with E-state index in [9.17, 15) is 4.79 Å². The van der Waals surface area contributed by atoms with Gasteiger partial charge in [-0.1, -0.05) is 21.8 Å². The Bertz CT molecular complexity index is 1210. The Kier molecular flexibility index (Phi) is 59.3. The molecular weight excluding hydrogens is 943 g/mol. The van der Waals surface area contributed by atoms with Crippen molar-refractivity contribution in [3.63, 3.8) is 0 Å². The van der Waals surface area contributed by atoms with E-state index in [4.69, 9.17) is 50.6 Å². The van der Waals surface area contributed by atoms with E-state index >= 15 is 0 Å². The first-order valence-corrected chi connectivity index (χ1v) is 24.6. The SMILES string of the molecule is C.C.CCCNCCN1CCN(CCNC(=O)OC(C)(C)C)CC1.Cl.Cl.N#CCCl.NCCN1CCNCC1.NCCNCCN1CCN(CCN)CC1.[C-]#[N+]CNCCN1CCN(CC#N)CC1. The third-order valence-corrected chi connectivity index (χ3v) is 10.8. The molecule has 0 aromatic carbocycles. The Labute approximate surface area is 439 Å². The summed E-state index contributed by atoms with van der Waals surface area (Å²) >= 11 is 4.82. The summed E-state index contributed by atoms with van der Waals surface area (Å²) in [5.41, 5.74) is 15.9. The molecule has 0 aromatic rings. The van der Waals surface area contributed by atoms with Gasteiger partial charge >= 0.3 is 6.09 Å². The number of carbonyl (C=O) groups is 1. The normalized spacial score (nSPS) is 17.0. The number of nitriles is 2. The molecule has 4 fully saturated rings. The number of piperazine rings is 4. The van der Waals surface area contributed by atoms with Crippen LogP contribution in [0.3, 0.4) is 0 Å². The molecule has 410 valence electrons. The first kappa shape index (κ1) is 76.0. The highest BCUT2D eigenvalue weighted by Gasteiger charge is 2.19. The zero-order valence-corrected chi connectivity index (χ0v) is 44.4. The molecular formula is C46H103Cl3N18O2. The first-order chi connectivity index (χ1) is 31.5. The van der Waals surface area contributed by atoms with Crippen LogP contribution in [-0.4, -0.2) is 268 Å². The molecule has 0 radical (unpaired) electrons. The number of amides is 1. The standard InChI is InChI=1S/C16H34N4O2.C10H17N5.C10H25N5.C6H15N3.C2H2ClN.2CH4.2ClH/c1-5-6-17-7-9-19-11-13-20(14-12-19)10-8-18-15(21)22-16(2,3)4;1-12-10-13-3-5-15-8-6-14(4-2-11)7-9-15;11-1-3-13-4-6-15-9-7-14(5-2-12)8-10-15;7-1-4-9-5-2-8-3-6-9;3-1-2-4;;;;/h17H,5-14H2,1-4H3,(H,18,21);13H,3-10H2;13H,1-12H2;8H,1-7H2;1H2;2*1H4;2*1H. The third-order valence-electron chi connectivity index (χ3n) is 10.7. The summed E-state index contributed by atoms with van der Waals surface area (Å²) < 4.78 is 5.22. The number of nitrogens with two attached hydrogens (primary N) is 3. The molecule has 0 aliphatic carbocycles. The van der Waals surface area contributed by atoms with E-state index in [1.165, 1.54) is 19.5 Å². The van der Waals surface area contributed by atoms with Gasteiger partial charge in [-0.25, -0.2) is 16.7 Å². The highest BCUT2D eigenvalue weighted by Crippen LogP contribution is 2.07. The van der Waals surface area contributed by atoms with E-state index in [0.717, 1.165) is 183 Å². The summed E-state index contributed by atoms with van der Waals surface area (Å²) in [4.78, 5) is 31.5. The number of hydrogen-bond donors (Lipinski definition) is 8. The van der Waals surface area contributed by atoms with Gasteiger partial charge in [-0.2, -0.15) is 10.5 Å². The van der Waals surface area contributed by atoms with Gasteiger partial charge in [-0.05, 0) is 33.7 Å². The van der Waals surface area contributed by atoms with Crippen molar-refractivity contribution < 1.29 is 9.53 Å². The smallest absolute Gasteiger partial charge is 0.407 e. The van der Waals surface area contributed by atoms with Crippen LogP contribution in [0, 0.1) is 29.2 Å². The molecule has 4 saturated heterocycles. The number of nitrogens with zero attached hydrogens (tertiary/aromatic N) is 10. The van der Waals surface area contributed by atoms with Crippen molar-refractivity contribution in [3.05, 3.63) is 11.4 Å². The van der Waals surface area contributed by atoms with Crippen molar-refractivity contribution >= 4 is 42.5 Å². The van der Waals surface area contributed by atoms with Crippen molar-refractivity contribution in [2.45, 2.75) is 54.6 Å². The minimum atomic E-state index is -0.429. The summed E-state index contributed by atoms with van der Waals surface area (Å²) in [6.07, 6.45) is 0.867. The highest BCUT2D eigenvalue weighted by molar-refractivity contribution is 6.19. The molecule has 4 heterocycles. The Morgan fingerprint density at radius 1 is 0.623 bits per heavy atom. The van der Waals surface area contributed by atoms with E-state index in [-0.39, 0.29) is 51.6 Å². The number of alkyl carbamates (subject to hydrolysis) is 1. The summed E-state index contributed by atoms with van der Waals surface area (Å²) in [7, 11) is 0. The van der Waals surface area contributed by atoms with Gasteiger partial charge < -0.3 is 43.2 Å². The number of nitrogens with one attached hydrogen (secondary N) is 5. The van der Waals surface area contributed by atoms with Crippen molar-refractivity contribution in [1.82, 2.24) is 60.9 Å². The zero-order valence-electron chi connectivity index (χ0n) is 42.0. The van der Waals surface area contributed by atoms with E-state index in [2.05, 4.69) is 78.7 Å². The molecule has 4 aliphatic rings. The molecule has 0 unspecified atom stereocenters. The quantitative estimate of drug-likeness (QED) is 0.0320. The van der Waals surface area contributed by atoms with E-state index < -0.39 is 5.60 Å². The fourth-order valence-corrected chi connectivity index (χ4v) is 7.05. The minimum Gasteiger partial charge on any atom is -0.444 e. The lowest BCUT2D eigenvalue weighted by atomic mass is 10.2. The fourth-order valence-electron chi connectivity index (χ4n) is 7.05. The van der Waals surface area contributed by atoms with Crippen molar-refractivity contribution in [1.29, 1.82) is 10.5 Å². The number of rotatable bonds is 22. The predicted molar refractivity (Wildman–Crippen MR) is 295 cm³/mol. The predicted octanol–water partition coefficient (Wildman–Crippen LogP) is 0.548. The monoisotopic (exact) mass is 1040 g/mol. The number of ether oxygens (including phenoxy) is 1. The molecule has 4 aliphatic heterocycles. The Morgan fingerprint density at radius 3 is 1.36 bits per heavy atom. The van der Waals surface area contributed by atoms with Crippen LogP contribution in [0.5, 0.6) is 0 Å². The van der Waals surface area contributed by atoms with Gasteiger partial charge in [0.05, 0.1) is 18.7 Å². The molecule has 0 spiro atoms.